The van der Waals surface area contributed by atoms with E-state index in [-0.39, 0.29) is 12.3 Å². The second kappa shape index (κ2) is 5.73. The third-order valence-corrected chi connectivity index (χ3v) is 1.98. The van der Waals surface area contributed by atoms with Crippen LogP contribution in [0.2, 0.25) is 0 Å². The van der Waals surface area contributed by atoms with E-state index in [0.717, 1.165) is 0 Å². The number of carbonyl (C=O) groups excluding carboxylic acids is 2. The van der Waals surface area contributed by atoms with Crippen molar-refractivity contribution in [2.24, 2.45) is 0 Å². The SMILES string of the molecule is COc1ccccc1NC(=O)CC(C)=C=O. The number of anilines is 1. The molecule has 0 unspecified atom stereocenters. The van der Waals surface area contributed by atoms with Crippen molar-refractivity contribution in [3.63, 3.8) is 0 Å². The van der Waals surface area contributed by atoms with Crippen LogP contribution in [0.1, 0.15) is 13.3 Å². The smallest absolute Gasteiger partial charge is 0.229 e. The van der Waals surface area contributed by atoms with E-state index in [1.54, 1.807) is 31.1 Å². The number of hydrogen-bond donors (Lipinski definition) is 1. The van der Waals surface area contributed by atoms with Crippen molar-refractivity contribution in [2.45, 2.75) is 13.3 Å². The van der Waals surface area contributed by atoms with E-state index in [2.05, 4.69) is 5.32 Å². The number of ether oxygens (including phenoxy) is 1. The van der Waals surface area contributed by atoms with E-state index in [0.29, 0.717) is 17.0 Å². The van der Waals surface area contributed by atoms with Gasteiger partial charge in [-0.15, -0.1) is 0 Å². The van der Waals surface area contributed by atoms with E-state index in [4.69, 9.17) is 4.74 Å². The first-order valence-corrected chi connectivity index (χ1v) is 4.81. The van der Waals surface area contributed by atoms with Gasteiger partial charge in [-0.3, -0.25) is 4.79 Å². The lowest BCUT2D eigenvalue weighted by molar-refractivity contribution is -0.115. The lowest BCUT2D eigenvalue weighted by atomic mass is 10.2. The van der Waals surface area contributed by atoms with Crippen molar-refractivity contribution in [1.82, 2.24) is 0 Å². The predicted molar refractivity (Wildman–Crippen MR) is 61.1 cm³/mol. The molecule has 0 aromatic heterocycles. The molecule has 0 saturated heterocycles. The van der Waals surface area contributed by atoms with Crippen LogP contribution in [0.3, 0.4) is 0 Å². The Labute approximate surface area is 93.9 Å². The molecule has 0 fully saturated rings. The summed E-state index contributed by atoms with van der Waals surface area (Å²) in [5, 5.41) is 2.66. The molecule has 0 spiro atoms. The molecule has 4 nitrogen and oxygen atoms in total. The van der Waals surface area contributed by atoms with Gasteiger partial charge < -0.3 is 10.1 Å². The fourth-order valence-electron chi connectivity index (χ4n) is 1.22. The highest BCUT2D eigenvalue weighted by atomic mass is 16.5. The first-order valence-electron chi connectivity index (χ1n) is 4.81. The molecular weight excluding hydrogens is 206 g/mol. The van der Waals surface area contributed by atoms with Gasteiger partial charge in [-0.05, 0) is 19.1 Å². The number of para-hydroxylation sites is 2. The molecule has 16 heavy (non-hydrogen) atoms. The molecule has 1 rings (SSSR count). The van der Waals surface area contributed by atoms with Gasteiger partial charge in [0.25, 0.3) is 0 Å². The van der Waals surface area contributed by atoms with E-state index >= 15 is 0 Å². The maximum absolute atomic E-state index is 11.5. The van der Waals surface area contributed by atoms with Gasteiger partial charge in [0.05, 0.1) is 19.2 Å². The van der Waals surface area contributed by atoms with E-state index in [1.165, 1.54) is 7.11 Å². The van der Waals surface area contributed by atoms with Crippen molar-refractivity contribution >= 4 is 17.5 Å². The van der Waals surface area contributed by atoms with Crippen molar-refractivity contribution in [3.8, 4) is 5.75 Å². The lowest BCUT2D eigenvalue weighted by Crippen LogP contribution is -2.12. The van der Waals surface area contributed by atoms with Crippen molar-refractivity contribution in [2.75, 3.05) is 12.4 Å². The Hall–Kier alpha value is -2.06. The van der Waals surface area contributed by atoms with Crippen LogP contribution in [0, 0.1) is 0 Å². The first kappa shape index (κ1) is 12.0. The molecule has 0 radical (unpaired) electrons. The quantitative estimate of drug-likeness (QED) is 0.785. The third kappa shape index (κ3) is 3.26. The molecular formula is C12H13NO3. The topological polar surface area (TPSA) is 55.4 Å². The third-order valence-electron chi connectivity index (χ3n) is 1.98. The van der Waals surface area contributed by atoms with Crippen molar-refractivity contribution < 1.29 is 14.3 Å². The summed E-state index contributed by atoms with van der Waals surface area (Å²) < 4.78 is 5.08. The monoisotopic (exact) mass is 219 g/mol. The van der Waals surface area contributed by atoms with Crippen LogP contribution in [0.25, 0.3) is 0 Å². The van der Waals surface area contributed by atoms with Gasteiger partial charge in [0.2, 0.25) is 5.91 Å². The highest BCUT2D eigenvalue weighted by molar-refractivity contribution is 5.94. The molecule has 1 N–H and O–H groups in total. The predicted octanol–water partition coefficient (Wildman–Crippen LogP) is 1.80. The highest BCUT2D eigenvalue weighted by Crippen LogP contribution is 2.23. The van der Waals surface area contributed by atoms with Crippen molar-refractivity contribution in [1.29, 1.82) is 0 Å². The summed E-state index contributed by atoms with van der Waals surface area (Å²) in [6.07, 6.45) is 0.0432. The van der Waals surface area contributed by atoms with Gasteiger partial charge in [-0.1, -0.05) is 12.1 Å². The van der Waals surface area contributed by atoms with Crippen LogP contribution in [0.4, 0.5) is 5.69 Å². The number of carbonyl (C=O) groups is 1. The highest BCUT2D eigenvalue weighted by Gasteiger charge is 2.07. The zero-order valence-corrected chi connectivity index (χ0v) is 9.24. The zero-order valence-electron chi connectivity index (χ0n) is 9.24. The molecule has 0 aliphatic carbocycles. The minimum atomic E-state index is -0.259. The summed E-state index contributed by atoms with van der Waals surface area (Å²) in [6, 6.07) is 7.08. The normalized spacial score (nSPS) is 9.12. The average molecular weight is 219 g/mol. The number of rotatable bonds is 4. The zero-order chi connectivity index (χ0) is 12.0. The summed E-state index contributed by atoms with van der Waals surface area (Å²) in [5.74, 6) is 2.01. The average Bonchev–Trinajstić information content (AvgIpc) is 2.29. The summed E-state index contributed by atoms with van der Waals surface area (Å²) in [7, 11) is 1.53. The van der Waals surface area contributed by atoms with Crippen molar-refractivity contribution in [3.05, 3.63) is 29.8 Å². The number of hydrogen-bond acceptors (Lipinski definition) is 3. The Morgan fingerprint density at radius 1 is 1.44 bits per heavy atom. The second-order valence-electron chi connectivity index (χ2n) is 3.31. The second-order valence-corrected chi connectivity index (χ2v) is 3.31. The Morgan fingerprint density at radius 2 is 2.12 bits per heavy atom. The Balaban J connectivity index is 2.73. The van der Waals surface area contributed by atoms with Crippen LogP contribution in [0.5, 0.6) is 5.75 Å². The number of benzene rings is 1. The number of amides is 1. The molecule has 0 bridgehead atoms. The Morgan fingerprint density at radius 3 is 2.75 bits per heavy atom. The first-order chi connectivity index (χ1) is 7.67. The number of methoxy groups -OCH3 is 1. The minimum Gasteiger partial charge on any atom is -0.495 e. The number of nitrogens with one attached hydrogen (secondary N) is 1. The molecule has 84 valence electrons. The summed E-state index contributed by atoms with van der Waals surface area (Å²) in [6.45, 7) is 1.56. The Bertz CT molecular complexity index is 434. The molecule has 0 aliphatic rings. The summed E-state index contributed by atoms with van der Waals surface area (Å²) in [4.78, 5) is 21.7. The Kier molecular flexibility index (Phi) is 4.30. The standard InChI is InChI=1S/C12H13NO3/c1-9(8-14)7-12(15)13-10-5-3-4-6-11(10)16-2/h3-6H,7H2,1-2H3,(H,13,15). The van der Waals surface area contributed by atoms with E-state index in [1.807, 2.05) is 6.07 Å². The molecule has 0 atom stereocenters. The minimum absolute atomic E-state index is 0.0432. The lowest BCUT2D eigenvalue weighted by Gasteiger charge is -2.09. The van der Waals surface area contributed by atoms with Crippen LogP contribution in [0.15, 0.2) is 29.8 Å². The molecule has 1 aromatic rings. The van der Waals surface area contributed by atoms with Crippen LogP contribution in [-0.4, -0.2) is 19.0 Å². The molecule has 1 aromatic carbocycles. The van der Waals surface area contributed by atoms with E-state index in [9.17, 15) is 9.59 Å². The molecule has 0 heterocycles. The molecule has 0 saturated carbocycles. The largest absolute Gasteiger partial charge is 0.495 e. The fraction of sp³-hybridized carbons (Fsp3) is 0.250. The van der Waals surface area contributed by atoms with Gasteiger partial charge in [-0.25, -0.2) is 4.79 Å². The van der Waals surface area contributed by atoms with Gasteiger partial charge in [-0.2, -0.15) is 0 Å². The van der Waals surface area contributed by atoms with Gasteiger partial charge in [0.15, 0.2) is 0 Å². The summed E-state index contributed by atoms with van der Waals surface area (Å²) >= 11 is 0. The van der Waals surface area contributed by atoms with E-state index < -0.39 is 0 Å². The maximum atomic E-state index is 11.5. The fourth-order valence-corrected chi connectivity index (χ4v) is 1.22. The van der Waals surface area contributed by atoms with Gasteiger partial charge in [0.1, 0.15) is 11.7 Å². The van der Waals surface area contributed by atoms with Gasteiger partial charge >= 0.3 is 0 Å². The van der Waals surface area contributed by atoms with Gasteiger partial charge in [0, 0.05) is 5.57 Å². The molecule has 1 amide bonds. The molecule has 0 aliphatic heterocycles. The van der Waals surface area contributed by atoms with Crippen LogP contribution >= 0.6 is 0 Å². The van der Waals surface area contributed by atoms with Crippen LogP contribution < -0.4 is 10.1 Å². The summed E-state index contributed by atoms with van der Waals surface area (Å²) in [5.41, 5.74) is 0.959. The maximum Gasteiger partial charge on any atom is 0.229 e. The molecule has 4 heteroatoms. The van der Waals surface area contributed by atoms with Crippen LogP contribution in [-0.2, 0) is 9.59 Å².